The molecule has 1 aromatic heterocycles. The third-order valence-electron chi connectivity index (χ3n) is 3.65. The Morgan fingerprint density at radius 1 is 1.33 bits per heavy atom. The number of carbonyl (C=O) groups is 1. The molecule has 0 saturated carbocycles. The molecule has 1 aromatic carbocycles. The van der Waals surface area contributed by atoms with Gasteiger partial charge in [0.05, 0.1) is 5.69 Å². The number of benzene rings is 1. The van der Waals surface area contributed by atoms with Gasteiger partial charge in [-0.05, 0) is 19.1 Å². The van der Waals surface area contributed by atoms with Gasteiger partial charge in [0.2, 0.25) is 5.88 Å². The van der Waals surface area contributed by atoms with Crippen molar-refractivity contribution in [2.45, 2.75) is 39.2 Å². The lowest BCUT2D eigenvalue weighted by atomic mass is 9.92. The molecule has 0 bridgehead atoms. The lowest BCUT2D eigenvalue weighted by molar-refractivity contribution is -0.682. The Labute approximate surface area is 139 Å². The average molecular weight is 338 g/mol. The summed E-state index contributed by atoms with van der Waals surface area (Å²) < 4.78 is 31.7. The molecule has 0 aliphatic carbocycles. The summed E-state index contributed by atoms with van der Waals surface area (Å²) in [6, 6.07) is 4.78. The van der Waals surface area contributed by atoms with E-state index in [1.54, 1.807) is 18.3 Å². The van der Waals surface area contributed by atoms with Crippen LogP contribution >= 0.6 is 0 Å². The summed E-state index contributed by atoms with van der Waals surface area (Å²) in [4.78, 5) is 12.0. The molecule has 7 heteroatoms. The Morgan fingerprint density at radius 3 is 2.62 bits per heavy atom. The zero-order valence-corrected chi connectivity index (χ0v) is 14.2. The molecule has 130 valence electrons. The molecule has 0 saturated heterocycles. The summed E-state index contributed by atoms with van der Waals surface area (Å²) in [5, 5.41) is 8.19. The first-order valence-electron chi connectivity index (χ1n) is 7.72. The number of anilines is 1. The molecule has 2 aromatic rings. The van der Waals surface area contributed by atoms with Crippen LogP contribution in [0.1, 0.15) is 45.0 Å². The zero-order chi connectivity index (χ0) is 17.9. The van der Waals surface area contributed by atoms with Crippen LogP contribution in [0.15, 0.2) is 28.8 Å². The summed E-state index contributed by atoms with van der Waals surface area (Å²) in [5.74, 6) is -1.26. The first kappa shape index (κ1) is 18.1. The smallest absolute Gasteiger partial charge is 0.281 e. The minimum atomic E-state index is -0.624. The van der Waals surface area contributed by atoms with E-state index < -0.39 is 11.6 Å². The van der Waals surface area contributed by atoms with Crippen LogP contribution in [0.25, 0.3) is 0 Å². The average Bonchev–Trinajstić information content (AvgIpc) is 2.93. The lowest BCUT2D eigenvalue weighted by Gasteiger charge is -2.12. The number of nitrogens with zero attached hydrogens (tertiary/aromatic N) is 1. The lowest BCUT2D eigenvalue weighted by Crippen LogP contribution is -2.86. The van der Waals surface area contributed by atoms with Crippen LogP contribution in [0.5, 0.6) is 0 Å². The molecule has 0 radical (unpaired) electrons. The summed E-state index contributed by atoms with van der Waals surface area (Å²) >= 11 is 0. The number of hydrogen-bond acceptors (Lipinski definition) is 3. The van der Waals surface area contributed by atoms with Crippen LogP contribution in [-0.2, 0) is 10.2 Å². The fraction of sp³-hybridized carbons (Fsp3) is 0.412. The van der Waals surface area contributed by atoms with Gasteiger partial charge in [0.1, 0.15) is 17.7 Å². The van der Waals surface area contributed by atoms with E-state index in [1.165, 1.54) is 12.1 Å². The Balaban J connectivity index is 1.90. The Kier molecular flexibility index (Phi) is 5.33. The second-order valence-electron chi connectivity index (χ2n) is 6.77. The van der Waals surface area contributed by atoms with Gasteiger partial charge in [-0.15, -0.1) is 0 Å². The molecule has 1 atom stereocenters. The van der Waals surface area contributed by atoms with E-state index >= 15 is 0 Å². The molecular formula is C17H22F2N3O2+. The molecule has 1 heterocycles. The van der Waals surface area contributed by atoms with Gasteiger partial charge < -0.3 is 9.84 Å². The van der Waals surface area contributed by atoms with E-state index in [9.17, 15) is 13.6 Å². The van der Waals surface area contributed by atoms with E-state index in [4.69, 9.17) is 4.52 Å². The molecule has 1 amide bonds. The number of aromatic nitrogens is 1. The maximum Gasteiger partial charge on any atom is 0.281 e. The van der Waals surface area contributed by atoms with E-state index in [2.05, 4.69) is 10.5 Å². The van der Waals surface area contributed by atoms with E-state index in [1.807, 2.05) is 20.8 Å². The van der Waals surface area contributed by atoms with E-state index in [-0.39, 0.29) is 29.8 Å². The molecule has 0 unspecified atom stereocenters. The number of carbonyl (C=O) groups excluding carboxylic acids is 1. The first-order chi connectivity index (χ1) is 11.2. The molecular weight excluding hydrogens is 316 g/mol. The van der Waals surface area contributed by atoms with Gasteiger partial charge in [-0.2, -0.15) is 0 Å². The van der Waals surface area contributed by atoms with E-state index in [0.717, 1.165) is 11.8 Å². The van der Waals surface area contributed by atoms with Gasteiger partial charge in [0.25, 0.3) is 5.91 Å². The Hall–Kier alpha value is -2.28. The van der Waals surface area contributed by atoms with Crippen LogP contribution in [0.4, 0.5) is 14.7 Å². The van der Waals surface area contributed by atoms with Crippen molar-refractivity contribution in [2.24, 2.45) is 0 Å². The summed E-state index contributed by atoms with van der Waals surface area (Å²) in [6.07, 6.45) is 0. The predicted molar refractivity (Wildman–Crippen MR) is 85.4 cm³/mol. The van der Waals surface area contributed by atoms with E-state index in [0.29, 0.717) is 5.56 Å². The highest BCUT2D eigenvalue weighted by Gasteiger charge is 2.20. The van der Waals surface area contributed by atoms with Crippen molar-refractivity contribution >= 4 is 11.8 Å². The van der Waals surface area contributed by atoms with Gasteiger partial charge in [0, 0.05) is 23.1 Å². The number of hydrogen-bond donors (Lipinski definition) is 2. The van der Waals surface area contributed by atoms with Gasteiger partial charge in [-0.1, -0.05) is 25.9 Å². The molecule has 2 rings (SSSR count). The zero-order valence-electron chi connectivity index (χ0n) is 14.2. The summed E-state index contributed by atoms with van der Waals surface area (Å²) in [6.45, 7) is 7.79. The fourth-order valence-corrected chi connectivity index (χ4v) is 2.16. The molecule has 0 fully saturated rings. The summed E-state index contributed by atoms with van der Waals surface area (Å²) in [7, 11) is 0. The summed E-state index contributed by atoms with van der Waals surface area (Å²) in [5.41, 5.74) is 0.912. The van der Waals surface area contributed by atoms with Crippen LogP contribution in [-0.4, -0.2) is 17.6 Å². The van der Waals surface area contributed by atoms with Crippen molar-refractivity contribution in [2.75, 3.05) is 11.9 Å². The number of amides is 1. The Bertz CT molecular complexity index is 723. The molecule has 0 aliphatic heterocycles. The molecule has 3 N–H and O–H groups in total. The Morgan fingerprint density at radius 2 is 2.04 bits per heavy atom. The van der Waals surface area contributed by atoms with Gasteiger partial charge in [-0.3, -0.25) is 10.1 Å². The van der Waals surface area contributed by atoms with Crippen molar-refractivity contribution in [1.82, 2.24) is 5.16 Å². The van der Waals surface area contributed by atoms with Crippen LogP contribution in [0.3, 0.4) is 0 Å². The predicted octanol–water partition coefficient (Wildman–Crippen LogP) is 2.51. The molecule has 5 nitrogen and oxygen atoms in total. The van der Waals surface area contributed by atoms with Crippen LogP contribution in [0, 0.1) is 11.6 Å². The largest absolute Gasteiger partial charge is 0.338 e. The standard InChI is InChI=1S/C17H21F2N3O2/c1-10(12-6-5-11(18)7-13(12)19)20-9-15(23)21-16-8-14(22-24-16)17(2,3)4/h5-8,10,20H,9H2,1-4H3,(H,21,23)/p+1/t10-/m1/s1. The number of rotatable bonds is 5. The minimum absolute atomic E-state index is 0.0730. The van der Waals surface area contributed by atoms with Crippen LogP contribution < -0.4 is 10.6 Å². The normalized spacial score (nSPS) is 12.9. The fourth-order valence-electron chi connectivity index (χ4n) is 2.16. The topological polar surface area (TPSA) is 71.7 Å². The van der Waals surface area contributed by atoms with Gasteiger partial charge >= 0.3 is 0 Å². The highest BCUT2D eigenvalue weighted by atomic mass is 19.1. The van der Waals surface area contributed by atoms with Crippen molar-refractivity contribution in [3.63, 3.8) is 0 Å². The highest BCUT2D eigenvalue weighted by Crippen LogP contribution is 2.23. The molecule has 24 heavy (non-hydrogen) atoms. The van der Waals surface area contributed by atoms with Crippen molar-refractivity contribution < 1.29 is 23.4 Å². The minimum Gasteiger partial charge on any atom is -0.338 e. The number of halogens is 2. The molecule has 0 aliphatic rings. The first-order valence-corrected chi connectivity index (χ1v) is 7.72. The van der Waals surface area contributed by atoms with Crippen molar-refractivity contribution in [1.29, 1.82) is 0 Å². The highest BCUT2D eigenvalue weighted by molar-refractivity contribution is 5.90. The third kappa shape index (κ3) is 4.61. The monoisotopic (exact) mass is 338 g/mol. The van der Waals surface area contributed by atoms with Gasteiger partial charge in [-0.25, -0.2) is 8.78 Å². The number of nitrogens with one attached hydrogen (secondary N) is 1. The van der Waals surface area contributed by atoms with Crippen LogP contribution in [0.2, 0.25) is 0 Å². The van der Waals surface area contributed by atoms with Crippen molar-refractivity contribution in [3.8, 4) is 0 Å². The number of quaternary nitrogens is 1. The van der Waals surface area contributed by atoms with Crippen molar-refractivity contribution in [3.05, 3.63) is 47.2 Å². The SMILES string of the molecule is C[C@@H]([NH2+]CC(=O)Nc1cc(C(C)(C)C)no1)c1ccc(F)cc1F. The number of nitrogens with two attached hydrogens (primary N) is 1. The molecule has 0 spiro atoms. The maximum atomic E-state index is 13.7. The van der Waals surface area contributed by atoms with Gasteiger partial charge in [0.15, 0.2) is 6.54 Å². The maximum absolute atomic E-state index is 13.7. The second kappa shape index (κ2) is 7.09. The third-order valence-corrected chi connectivity index (χ3v) is 3.65. The quantitative estimate of drug-likeness (QED) is 0.880. The second-order valence-corrected chi connectivity index (χ2v) is 6.77.